The summed E-state index contributed by atoms with van der Waals surface area (Å²) in [6, 6.07) is 5.75. The van der Waals surface area contributed by atoms with Gasteiger partial charge in [0.15, 0.2) is 11.5 Å². The summed E-state index contributed by atoms with van der Waals surface area (Å²) in [6.45, 7) is 4.48. The maximum absolute atomic E-state index is 12.7. The van der Waals surface area contributed by atoms with Gasteiger partial charge < -0.3 is 25.1 Å². The van der Waals surface area contributed by atoms with Crippen molar-refractivity contribution in [3.63, 3.8) is 0 Å². The SMILES string of the molecule is CCc1onc(C)c1C(=O)NCc1cc2cc(Cl)cc(Cn3cnc4c(N)ncnc43)c2[nH]1. The number of aryl methyl sites for hydroxylation is 2. The van der Waals surface area contributed by atoms with E-state index in [9.17, 15) is 4.79 Å². The van der Waals surface area contributed by atoms with E-state index in [1.807, 2.05) is 29.7 Å². The molecule has 0 atom stereocenters. The van der Waals surface area contributed by atoms with Gasteiger partial charge in [0, 0.05) is 22.5 Å². The first-order valence-electron chi connectivity index (χ1n) is 10.4. The van der Waals surface area contributed by atoms with Crippen LogP contribution in [0.25, 0.3) is 22.1 Å². The smallest absolute Gasteiger partial charge is 0.257 e. The second kappa shape index (κ2) is 8.21. The number of hydrogen-bond acceptors (Lipinski definition) is 7. The van der Waals surface area contributed by atoms with Crippen molar-refractivity contribution < 1.29 is 9.32 Å². The average Bonchev–Trinajstić information content (AvgIpc) is 3.49. The van der Waals surface area contributed by atoms with E-state index in [1.54, 1.807) is 13.3 Å². The monoisotopic (exact) mass is 464 g/mol. The Labute approximate surface area is 193 Å². The van der Waals surface area contributed by atoms with E-state index in [4.69, 9.17) is 21.9 Å². The van der Waals surface area contributed by atoms with Gasteiger partial charge in [-0.15, -0.1) is 0 Å². The van der Waals surface area contributed by atoms with Crippen LogP contribution >= 0.6 is 11.6 Å². The molecule has 0 aliphatic rings. The molecule has 0 fully saturated rings. The minimum absolute atomic E-state index is 0.218. The van der Waals surface area contributed by atoms with Crippen LogP contribution in [0.3, 0.4) is 0 Å². The second-order valence-corrected chi connectivity index (χ2v) is 8.17. The molecule has 4 heterocycles. The maximum Gasteiger partial charge on any atom is 0.257 e. The number of aromatic amines is 1. The van der Waals surface area contributed by atoms with Crippen LogP contribution in [0, 0.1) is 6.92 Å². The molecule has 4 aromatic heterocycles. The number of carbonyl (C=O) groups is 1. The Morgan fingerprint density at radius 1 is 1.27 bits per heavy atom. The number of rotatable bonds is 6. The van der Waals surface area contributed by atoms with E-state index in [2.05, 4.69) is 30.4 Å². The standard InChI is InChI=1S/C22H21ClN8O2/c1-3-16-17(11(2)30-33-16)22(32)25-7-15-6-12-4-14(23)5-13(18(12)29-15)8-31-10-28-19-20(24)26-9-27-21(19)31/h4-6,9-10,29H,3,7-8H2,1-2H3,(H,25,32)(H2,24,26,27). The van der Waals surface area contributed by atoms with Crippen molar-refractivity contribution >= 4 is 45.4 Å². The molecule has 0 radical (unpaired) electrons. The zero-order valence-corrected chi connectivity index (χ0v) is 18.8. The average molecular weight is 465 g/mol. The number of fused-ring (bicyclic) bond motifs is 2. The minimum Gasteiger partial charge on any atom is -0.382 e. The van der Waals surface area contributed by atoms with E-state index in [0.29, 0.717) is 58.5 Å². The van der Waals surface area contributed by atoms with Gasteiger partial charge in [0.05, 0.1) is 30.6 Å². The molecule has 5 aromatic rings. The predicted molar refractivity (Wildman–Crippen MR) is 124 cm³/mol. The number of halogens is 1. The Balaban J connectivity index is 1.42. The van der Waals surface area contributed by atoms with Gasteiger partial charge >= 0.3 is 0 Å². The first-order chi connectivity index (χ1) is 15.9. The Morgan fingerprint density at radius 3 is 2.94 bits per heavy atom. The fourth-order valence-electron chi connectivity index (χ4n) is 3.97. The van der Waals surface area contributed by atoms with Gasteiger partial charge in [-0.3, -0.25) is 4.79 Å². The number of nitrogens with one attached hydrogen (secondary N) is 2. The number of anilines is 1. The van der Waals surface area contributed by atoms with Crippen molar-refractivity contribution in [1.29, 1.82) is 0 Å². The number of benzene rings is 1. The van der Waals surface area contributed by atoms with E-state index < -0.39 is 0 Å². The summed E-state index contributed by atoms with van der Waals surface area (Å²) in [6.07, 6.45) is 3.69. The van der Waals surface area contributed by atoms with Crippen LogP contribution in [-0.4, -0.2) is 35.6 Å². The van der Waals surface area contributed by atoms with E-state index in [0.717, 1.165) is 22.2 Å². The number of hydrogen-bond donors (Lipinski definition) is 3. The third-order valence-corrected chi connectivity index (χ3v) is 5.74. The summed E-state index contributed by atoms with van der Waals surface area (Å²) in [7, 11) is 0. The molecule has 33 heavy (non-hydrogen) atoms. The van der Waals surface area contributed by atoms with Gasteiger partial charge in [-0.25, -0.2) is 15.0 Å². The Hall–Kier alpha value is -3.92. The predicted octanol–water partition coefficient (Wildman–Crippen LogP) is 3.38. The lowest BCUT2D eigenvalue weighted by Gasteiger charge is -2.07. The molecule has 1 aromatic carbocycles. The van der Waals surface area contributed by atoms with Crippen LogP contribution in [-0.2, 0) is 19.5 Å². The minimum atomic E-state index is -0.218. The van der Waals surface area contributed by atoms with Gasteiger partial charge in [-0.2, -0.15) is 0 Å². The van der Waals surface area contributed by atoms with Gasteiger partial charge in [0.2, 0.25) is 0 Å². The molecule has 0 bridgehead atoms. The molecule has 0 aliphatic heterocycles. The molecule has 0 spiro atoms. The number of nitrogen functional groups attached to an aromatic ring is 1. The fourth-order valence-corrected chi connectivity index (χ4v) is 4.22. The number of nitrogens with two attached hydrogens (primary N) is 1. The number of carbonyl (C=O) groups excluding carboxylic acids is 1. The molecule has 1 amide bonds. The van der Waals surface area contributed by atoms with E-state index in [-0.39, 0.29) is 5.91 Å². The number of aromatic nitrogens is 6. The molecular formula is C22H21ClN8O2. The second-order valence-electron chi connectivity index (χ2n) is 7.73. The highest BCUT2D eigenvalue weighted by Crippen LogP contribution is 2.27. The van der Waals surface area contributed by atoms with Gasteiger partial charge in [-0.05, 0) is 30.7 Å². The highest BCUT2D eigenvalue weighted by Gasteiger charge is 2.19. The van der Waals surface area contributed by atoms with Crippen LogP contribution in [0.5, 0.6) is 0 Å². The van der Waals surface area contributed by atoms with Gasteiger partial charge in [-0.1, -0.05) is 23.7 Å². The number of H-pyrrole nitrogens is 1. The first kappa shape index (κ1) is 21.0. The Morgan fingerprint density at radius 2 is 2.12 bits per heavy atom. The van der Waals surface area contributed by atoms with Crippen LogP contribution in [0.15, 0.2) is 35.4 Å². The molecule has 0 aliphatic carbocycles. The fraction of sp³-hybridized carbons (Fsp3) is 0.227. The largest absolute Gasteiger partial charge is 0.382 e. The Bertz CT molecular complexity index is 1500. The molecule has 11 heteroatoms. The molecule has 4 N–H and O–H groups in total. The highest BCUT2D eigenvalue weighted by atomic mass is 35.5. The van der Waals surface area contributed by atoms with Crippen LogP contribution in [0.2, 0.25) is 5.02 Å². The van der Waals surface area contributed by atoms with Crippen molar-refractivity contribution in [2.24, 2.45) is 0 Å². The summed E-state index contributed by atoms with van der Waals surface area (Å²) in [5.41, 5.74) is 10.9. The van der Waals surface area contributed by atoms with E-state index >= 15 is 0 Å². The highest BCUT2D eigenvalue weighted by molar-refractivity contribution is 6.31. The van der Waals surface area contributed by atoms with Crippen molar-refractivity contribution in [1.82, 2.24) is 35.0 Å². The lowest BCUT2D eigenvalue weighted by atomic mass is 10.1. The topological polar surface area (TPSA) is 141 Å². The summed E-state index contributed by atoms with van der Waals surface area (Å²) < 4.78 is 7.12. The summed E-state index contributed by atoms with van der Waals surface area (Å²) in [4.78, 5) is 28.7. The number of amides is 1. The lowest BCUT2D eigenvalue weighted by molar-refractivity contribution is 0.0948. The number of imidazole rings is 1. The van der Waals surface area contributed by atoms with Gasteiger partial charge in [0.25, 0.3) is 5.91 Å². The van der Waals surface area contributed by atoms with Crippen molar-refractivity contribution in [2.75, 3.05) is 5.73 Å². The summed E-state index contributed by atoms with van der Waals surface area (Å²) in [5, 5.41) is 8.39. The molecule has 0 saturated carbocycles. The third kappa shape index (κ3) is 3.78. The maximum atomic E-state index is 12.7. The van der Waals surface area contributed by atoms with Crippen molar-refractivity contribution in [3.8, 4) is 0 Å². The van der Waals surface area contributed by atoms with Crippen LogP contribution in [0.4, 0.5) is 5.82 Å². The van der Waals surface area contributed by atoms with Gasteiger partial charge in [0.1, 0.15) is 23.2 Å². The lowest BCUT2D eigenvalue weighted by Crippen LogP contribution is -2.24. The quantitative estimate of drug-likeness (QED) is 0.349. The third-order valence-electron chi connectivity index (χ3n) is 5.52. The summed E-state index contributed by atoms with van der Waals surface area (Å²) >= 11 is 6.39. The van der Waals surface area contributed by atoms with Crippen molar-refractivity contribution in [2.45, 2.75) is 33.4 Å². The molecule has 0 unspecified atom stereocenters. The van der Waals surface area contributed by atoms with Crippen molar-refractivity contribution in [3.05, 3.63) is 64.2 Å². The zero-order valence-electron chi connectivity index (χ0n) is 18.0. The summed E-state index contributed by atoms with van der Waals surface area (Å²) in [5.74, 6) is 0.694. The van der Waals surface area contributed by atoms with E-state index in [1.165, 1.54) is 6.33 Å². The zero-order chi connectivity index (χ0) is 23.1. The molecular weight excluding hydrogens is 444 g/mol. The Kier molecular flexibility index (Phi) is 5.21. The van der Waals surface area contributed by atoms with Crippen LogP contribution in [0.1, 0.15) is 40.0 Å². The van der Waals surface area contributed by atoms with Crippen LogP contribution < -0.4 is 11.1 Å². The molecule has 10 nitrogen and oxygen atoms in total. The molecule has 168 valence electrons. The number of nitrogens with zero attached hydrogens (tertiary/aromatic N) is 5. The first-order valence-corrected chi connectivity index (χ1v) is 10.8. The molecule has 5 rings (SSSR count). The molecule has 0 saturated heterocycles. The normalized spacial score (nSPS) is 11.5.